The third-order valence-corrected chi connectivity index (χ3v) is 0.871. The van der Waals surface area contributed by atoms with Crippen molar-refractivity contribution in [2.24, 2.45) is 4.99 Å². The van der Waals surface area contributed by atoms with Crippen molar-refractivity contribution in [3.8, 4) is 0 Å². The first-order chi connectivity index (χ1) is 4.35. The van der Waals surface area contributed by atoms with Crippen molar-refractivity contribution in [3.05, 3.63) is 24.6 Å². The Morgan fingerprint density at radius 2 is 2.33 bits per heavy atom. The molecular formula is C7H12N2. The average molecular weight is 124 g/mol. The Bertz CT molecular complexity index is 134. The Kier molecular flexibility index (Phi) is 4.50. The molecule has 0 amide bonds. The zero-order chi connectivity index (χ0) is 7.11. The van der Waals surface area contributed by atoms with Crippen LogP contribution in [0, 0.1) is 0 Å². The van der Waals surface area contributed by atoms with Crippen LogP contribution in [0.15, 0.2) is 29.5 Å². The fraction of sp³-hybridized carbons (Fsp3) is 0.286. The van der Waals surface area contributed by atoms with Crippen LogP contribution in [0.25, 0.3) is 0 Å². The molecule has 2 nitrogen and oxygen atoms in total. The summed E-state index contributed by atoms with van der Waals surface area (Å²) in [4.78, 5) is 3.89. The normalized spacial score (nSPS) is 12.0. The molecule has 0 rings (SSSR count). The fourth-order valence-electron chi connectivity index (χ4n) is 0.374. The maximum Gasteiger partial charge on any atom is 0.0517 e. The van der Waals surface area contributed by atoms with Gasteiger partial charge in [-0.3, -0.25) is 4.99 Å². The number of allylic oxidation sites excluding steroid dienone is 1. The van der Waals surface area contributed by atoms with Gasteiger partial charge in [-0.1, -0.05) is 6.58 Å². The minimum Gasteiger partial charge on any atom is -0.387 e. The van der Waals surface area contributed by atoms with Crippen LogP contribution in [-0.4, -0.2) is 13.3 Å². The van der Waals surface area contributed by atoms with Crippen molar-refractivity contribution >= 4 is 6.21 Å². The predicted molar refractivity (Wildman–Crippen MR) is 41.5 cm³/mol. The first-order valence-electron chi connectivity index (χ1n) is 2.83. The number of likely N-dealkylation sites (N-methyl/N-ethyl adjacent to an activating group) is 1. The summed E-state index contributed by atoms with van der Waals surface area (Å²) in [6.45, 7) is 5.45. The summed E-state index contributed by atoms with van der Waals surface area (Å²) in [5.74, 6) is 0. The number of nitrogens with zero attached hydrogens (tertiary/aromatic N) is 1. The van der Waals surface area contributed by atoms with Crippen LogP contribution in [0.4, 0.5) is 0 Å². The van der Waals surface area contributed by atoms with Crippen LogP contribution < -0.4 is 5.32 Å². The molecule has 2 heteroatoms. The van der Waals surface area contributed by atoms with E-state index < -0.39 is 0 Å². The van der Waals surface area contributed by atoms with Gasteiger partial charge in [-0.15, -0.1) is 0 Å². The molecule has 0 saturated heterocycles. The van der Waals surface area contributed by atoms with Gasteiger partial charge in [0.25, 0.3) is 0 Å². The van der Waals surface area contributed by atoms with E-state index in [4.69, 9.17) is 0 Å². The van der Waals surface area contributed by atoms with E-state index in [-0.39, 0.29) is 0 Å². The summed E-state index contributed by atoms with van der Waals surface area (Å²) in [6.07, 6.45) is 5.15. The number of hydrogen-bond acceptors (Lipinski definition) is 2. The highest BCUT2D eigenvalue weighted by molar-refractivity contribution is 5.54. The van der Waals surface area contributed by atoms with E-state index in [1.165, 1.54) is 0 Å². The molecule has 0 saturated carbocycles. The third kappa shape index (κ3) is 3.53. The van der Waals surface area contributed by atoms with Gasteiger partial charge in [-0.25, -0.2) is 0 Å². The smallest absolute Gasteiger partial charge is 0.0517 e. The topological polar surface area (TPSA) is 24.4 Å². The van der Waals surface area contributed by atoms with E-state index in [1.807, 2.05) is 14.0 Å². The van der Waals surface area contributed by atoms with E-state index in [2.05, 4.69) is 16.9 Å². The molecule has 0 aromatic carbocycles. The molecule has 0 aliphatic carbocycles. The van der Waals surface area contributed by atoms with Crippen molar-refractivity contribution < 1.29 is 0 Å². The van der Waals surface area contributed by atoms with Gasteiger partial charge >= 0.3 is 0 Å². The zero-order valence-corrected chi connectivity index (χ0v) is 5.89. The summed E-state index contributed by atoms with van der Waals surface area (Å²) in [5.41, 5.74) is 0.924. The SMILES string of the molecule is C=C/C(=C\N=CC)NC. The Balaban J connectivity index is 3.90. The van der Waals surface area contributed by atoms with Crippen LogP contribution in [-0.2, 0) is 0 Å². The van der Waals surface area contributed by atoms with Crippen LogP contribution in [0.5, 0.6) is 0 Å². The number of rotatable bonds is 3. The highest BCUT2D eigenvalue weighted by atomic mass is 14.8. The molecule has 0 aromatic heterocycles. The van der Waals surface area contributed by atoms with E-state index in [0.717, 1.165) is 5.70 Å². The first kappa shape index (κ1) is 7.95. The Morgan fingerprint density at radius 1 is 1.67 bits per heavy atom. The largest absolute Gasteiger partial charge is 0.387 e. The molecule has 0 aromatic rings. The Morgan fingerprint density at radius 3 is 2.67 bits per heavy atom. The van der Waals surface area contributed by atoms with E-state index in [9.17, 15) is 0 Å². The van der Waals surface area contributed by atoms with E-state index in [1.54, 1.807) is 18.5 Å². The fourth-order valence-corrected chi connectivity index (χ4v) is 0.374. The van der Waals surface area contributed by atoms with Gasteiger partial charge in [0.15, 0.2) is 0 Å². The number of nitrogens with one attached hydrogen (secondary N) is 1. The van der Waals surface area contributed by atoms with Crippen LogP contribution in [0.1, 0.15) is 6.92 Å². The molecule has 0 aliphatic rings. The van der Waals surface area contributed by atoms with Gasteiger partial charge in [-0.05, 0) is 13.0 Å². The van der Waals surface area contributed by atoms with Gasteiger partial charge < -0.3 is 5.32 Å². The number of aliphatic imine (C=N–C) groups is 1. The minimum absolute atomic E-state index is 0.924. The quantitative estimate of drug-likeness (QED) is 0.445. The second-order valence-electron chi connectivity index (χ2n) is 1.45. The van der Waals surface area contributed by atoms with Crippen LogP contribution in [0.2, 0.25) is 0 Å². The summed E-state index contributed by atoms with van der Waals surface area (Å²) >= 11 is 0. The monoisotopic (exact) mass is 124 g/mol. The molecule has 0 spiro atoms. The third-order valence-electron chi connectivity index (χ3n) is 0.871. The maximum absolute atomic E-state index is 3.89. The van der Waals surface area contributed by atoms with Crippen molar-refractivity contribution in [1.82, 2.24) is 5.32 Å². The van der Waals surface area contributed by atoms with Crippen molar-refractivity contribution in [2.75, 3.05) is 7.05 Å². The predicted octanol–water partition coefficient (Wildman–Crippen LogP) is 1.32. The average Bonchev–Trinajstić information content (AvgIpc) is 1.91. The van der Waals surface area contributed by atoms with Gasteiger partial charge in [0.05, 0.1) is 5.70 Å². The molecule has 0 heterocycles. The van der Waals surface area contributed by atoms with Gasteiger partial charge in [0.2, 0.25) is 0 Å². The lowest BCUT2D eigenvalue weighted by molar-refractivity contribution is 1.03. The molecule has 0 radical (unpaired) electrons. The van der Waals surface area contributed by atoms with Crippen molar-refractivity contribution in [2.45, 2.75) is 6.92 Å². The van der Waals surface area contributed by atoms with Crippen LogP contribution >= 0.6 is 0 Å². The lowest BCUT2D eigenvalue weighted by Crippen LogP contribution is -2.01. The van der Waals surface area contributed by atoms with E-state index >= 15 is 0 Å². The zero-order valence-electron chi connectivity index (χ0n) is 5.89. The highest BCUT2D eigenvalue weighted by Gasteiger charge is 1.78. The molecule has 9 heavy (non-hydrogen) atoms. The van der Waals surface area contributed by atoms with Gasteiger partial charge in [0.1, 0.15) is 0 Å². The summed E-state index contributed by atoms with van der Waals surface area (Å²) < 4.78 is 0. The minimum atomic E-state index is 0.924. The Labute approximate surface area is 56.0 Å². The lowest BCUT2D eigenvalue weighted by Gasteiger charge is -1.94. The van der Waals surface area contributed by atoms with Gasteiger partial charge in [0, 0.05) is 19.5 Å². The highest BCUT2D eigenvalue weighted by Crippen LogP contribution is 1.86. The van der Waals surface area contributed by atoms with E-state index in [0.29, 0.717) is 0 Å². The summed E-state index contributed by atoms with van der Waals surface area (Å²) in [5, 5.41) is 2.92. The molecular weight excluding hydrogens is 112 g/mol. The molecule has 1 N–H and O–H groups in total. The lowest BCUT2D eigenvalue weighted by atomic mass is 10.5. The number of hydrogen-bond donors (Lipinski definition) is 1. The summed E-state index contributed by atoms with van der Waals surface area (Å²) in [7, 11) is 1.83. The summed E-state index contributed by atoms with van der Waals surface area (Å²) in [6, 6.07) is 0. The standard InChI is InChI=1S/C7H12N2/c1-4-7(8-3)6-9-5-2/h4-6,8H,1H2,2-3H3/b7-6+,9-5?. The molecule has 0 bridgehead atoms. The van der Waals surface area contributed by atoms with Gasteiger partial charge in [-0.2, -0.15) is 0 Å². The molecule has 0 atom stereocenters. The second kappa shape index (κ2) is 5.09. The molecule has 50 valence electrons. The van der Waals surface area contributed by atoms with Crippen molar-refractivity contribution in [1.29, 1.82) is 0 Å². The maximum atomic E-state index is 3.89. The molecule has 0 fully saturated rings. The Hall–Kier alpha value is -1.05. The molecule has 0 aliphatic heterocycles. The van der Waals surface area contributed by atoms with Crippen LogP contribution in [0.3, 0.4) is 0 Å². The molecule has 0 unspecified atom stereocenters. The first-order valence-corrected chi connectivity index (χ1v) is 2.83. The van der Waals surface area contributed by atoms with Crippen molar-refractivity contribution in [3.63, 3.8) is 0 Å². The second-order valence-corrected chi connectivity index (χ2v) is 1.45.